The average molecular weight is 335 g/mol. The molecule has 2 rings (SSSR count). The fourth-order valence-corrected chi connectivity index (χ4v) is 2.43. The highest BCUT2D eigenvalue weighted by atomic mass is 15.2. The van der Waals surface area contributed by atoms with Crippen LogP contribution in [0.4, 0.5) is 23.0 Å². The molecule has 0 amide bonds. The van der Waals surface area contributed by atoms with E-state index in [9.17, 15) is 0 Å². The molecule has 0 unspecified atom stereocenters. The van der Waals surface area contributed by atoms with E-state index in [-0.39, 0.29) is 0 Å². The van der Waals surface area contributed by atoms with Crippen molar-refractivity contribution in [2.75, 3.05) is 29.0 Å². The van der Waals surface area contributed by atoms with Crippen LogP contribution in [0.3, 0.4) is 0 Å². The van der Waals surface area contributed by atoms with Gasteiger partial charge in [-0.1, -0.05) is 12.1 Å². The van der Waals surface area contributed by atoms with Gasteiger partial charge in [0.2, 0.25) is 0 Å². The van der Waals surface area contributed by atoms with Crippen LogP contribution in [0.5, 0.6) is 0 Å². The monoisotopic (exact) mass is 335 g/mol. The summed E-state index contributed by atoms with van der Waals surface area (Å²) >= 11 is 0. The highest BCUT2D eigenvalue weighted by Gasteiger charge is 2.15. The molecule has 0 aliphatic heterocycles. The first-order valence-corrected chi connectivity index (χ1v) is 8.00. The van der Waals surface area contributed by atoms with Crippen molar-refractivity contribution in [3.05, 3.63) is 35.7 Å². The molecule has 0 radical (unpaired) electrons. The summed E-state index contributed by atoms with van der Waals surface area (Å²) < 4.78 is 0. The van der Waals surface area contributed by atoms with Crippen molar-refractivity contribution >= 4 is 23.0 Å². The summed E-state index contributed by atoms with van der Waals surface area (Å²) in [6, 6.07) is 10.3. The van der Waals surface area contributed by atoms with E-state index in [0.29, 0.717) is 43.3 Å². The molecule has 25 heavy (non-hydrogen) atoms. The molecule has 1 aromatic carbocycles. The Balaban J connectivity index is 2.32. The van der Waals surface area contributed by atoms with Crippen LogP contribution < -0.4 is 16.0 Å². The molecule has 0 saturated carbocycles. The maximum absolute atomic E-state index is 8.84. The third-order valence-corrected chi connectivity index (χ3v) is 3.80. The number of nitrogens with one attached hydrogen (secondary N) is 1. The molecule has 1 aromatic heterocycles. The first-order valence-electron chi connectivity index (χ1n) is 8.00. The van der Waals surface area contributed by atoms with Gasteiger partial charge in [0.15, 0.2) is 11.6 Å². The second-order valence-electron chi connectivity index (χ2n) is 5.71. The lowest BCUT2D eigenvalue weighted by molar-refractivity contribution is 0.782. The molecule has 0 bridgehead atoms. The minimum atomic E-state index is 0.328. The molecule has 7 heteroatoms. The smallest absolute Gasteiger partial charge is 0.159 e. The summed E-state index contributed by atoms with van der Waals surface area (Å²) in [7, 11) is 0. The predicted molar refractivity (Wildman–Crippen MR) is 98.3 cm³/mol. The fourth-order valence-electron chi connectivity index (χ4n) is 2.43. The number of nitriles is 2. The number of nitrogen functional groups attached to an aromatic ring is 1. The first-order chi connectivity index (χ1) is 12.1. The van der Waals surface area contributed by atoms with Crippen molar-refractivity contribution in [3.63, 3.8) is 0 Å². The van der Waals surface area contributed by atoms with Gasteiger partial charge in [0.05, 0.1) is 25.0 Å². The van der Waals surface area contributed by atoms with Gasteiger partial charge in [-0.3, -0.25) is 0 Å². The van der Waals surface area contributed by atoms with Gasteiger partial charge in [-0.15, -0.1) is 0 Å². The Hall–Kier alpha value is -3.32. The van der Waals surface area contributed by atoms with E-state index in [1.807, 2.05) is 36.9 Å². The van der Waals surface area contributed by atoms with Gasteiger partial charge >= 0.3 is 0 Å². The SMILES string of the molecule is Cc1ccc(C)c(Nc2ncnc(N(CCC#N)CCC#N)c2N)c1. The van der Waals surface area contributed by atoms with Crippen LogP contribution in [0.1, 0.15) is 24.0 Å². The summed E-state index contributed by atoms with van der Waals surface area (Å²) in [5.74, 6) is 1.05. The van der Waals surface area contributed by atoms with E-state index in [2.05, 4.69) is 27.4 Å². The standard InChI is InChI=1S/C18H21N7/c1-13-5-6-14(2)15(11-13)24-17-16(21)18(23-12-22-17)25(9-3-7-19)10-4-8-20/h5-6,11-12H,3-4,9-10,21H2,1-2H3,(H,22,23,24). The topological polar surface area (TPSA) is 115 Å². The molecular weight excluding hydrogens is 314 g/mol. The quantitative estimate of drug-likeness (QED) is 0.799. The molecule has 0 spiro atoms. The summed E-state index contributed by atoms with van der Waals surface area (Å²) in [6.45, 7) is 4.95. The number of aryl methyl sites for hydroxylation is 2. The van der Waals surface area contributed by atoms with Crippen LogP contribution in [0.2, 0.25) is 0 Å². The first kappa shape index (κ1) is 18.0. The highest BCUT2D eigenvalue weighted by Crippen LogP contribution is 2.30. The Kier molecular flexibility index (Phi) is 6.14. The van der Waals surface area contributed by atoms with E-state index < -0.39 is 0 Å². The fraction of sp³-hybridized carbons (Fsp3) is 0.333. The zero-order valence-corrected chi connectivity index (χ0v) is 14.5. The molecule has 3 N–H and O–H groups in total. The largest absolute Gasteiger partial charge is 0.393 e. The number of nitrogens with zero attached hydrogens (tertiary/aromatic N) is 5. The Morgan fingerprint density at radius 1 is 1.12 bits per heavy atom. The highest BCUT2D eigenvalue weighted by molar-refractivity contribution is 5.79. The number of anilines is 4. The van der Waals surface area contributed by atoms with Crippen molar-refractivity contribution in [3.8, 4) is 12.1 Å². The third kappa shape index (κ3) is 4.58. The molecule has 0 fully saturated rings. The number of aromatic nitrogens is 2. The van der Waals surface area contributed by atoms with Gasteiger partial charge in [-0.2, -0.15) is 10.5 Å². The van der Waals surface area contributed by atoms with Crippen molar-refractivity contribution in [1.82, 2.24) is 9.97 Å². The Morgan fingerprint density at radius 2 is 1.80 bits per heavy atom. The Labute approximate surface area is 147 Å². The predicted octanol–water partition coefficient (Wildman–Crippen LogP) is 3.05. The minimum Gasteiger partial charge on any atom is -0.393 e. The van der Waals surface area contributed by atoms with Crippen LogP contribution in [0, 0.1) is 36.5 Å². The van der Waals surface area contributed by atoms with Gasteiger partial charge in [0.25, 0.3) is 0 Å². The van der Waals surface area contributed by atoms with E-state index in [4.69, 9.17) is 16.3 Å². The van der Waals surface area contributed by atoms with Crippen LogP contribution in [-0.4, -0.2) is 23.1 Å². The Bertz CT molecular complexity index is 799. The minimum absolute atomic E-state index is 0.328. The number of hydrogen-bond acceptors (Lipinski definition) is 7. The summed E-state index contributed by atoms with van der Waals surface area (Å²) in [5.41, 5.74) is 9.81. The lowest BCUT2D eigenvalue weighted by atomic mass is 10.1. The molecule has 0 aliphatic rings. The molecule has 2 aromatic rings. The third-order valence-electron chi connectivity index (χ3n) is 3.80. The second-order valence-corrected chi connectivity index (χ2v) is 5.71. The summed E-state index contributed by atoms with van der Waals surface area (Å²) in [6.07, 6.45) is 2.09. The van der Waals surface area contributed by atoms with Gasteiger partial charge in [0, 0.05) is 18.8 Å². The van der Waals surface area contributed by atoms with Crippen LogP contribution >= 0.6 is 0 Å². The van der Waals surface area contributed by atoms with Crippen molar-refractivity contribution in [1.29, 1.82) is 10.5 Å². The molecule has 128 valence electrons. The maximum atomic E-state index is 8.84. The lowest BCUT2D eigenvalue weighted by Crippen LogP contribution is -2.27. The summed E-state index contributed by atoms with van der Waals surface area (Å²) in [4.78, 5) is 10.3. The van der Waals surface area contributed by atoms with Crippen LogP contribution in [0.25, 0.3) is 0 Å². The van der Waals surface area contributed by atoms with Crippen LogP contribution in [0.15, 0.2) is 24.5 Å². The van der Waals surface area contributed by atoms with Crippen LogP contribution in [-0.2, 0) is 0 Å². The van der Waals surface area contributed by atoms with E-state index in [1.54, 1.807) is 0 Å². The molecule has 0 atom stereocenters. The van der Waals surface area contributed by atoms with Gasteiger partial charge in [-0.25, -0.2) is 9.97 Å². The molecule has 7 nitrogen and oxygen atoms in total. The zero-order valence-electron chi connectivity index (χ0n) is 14.5. The van der Waals surface area contributed by atoms with Gasteiger partial charge < -0.3 is 16.0 Å². The maximum Gasteiger partial charge on any atom is 0.159 e. The molecular formula is C18H21N7. The van der Waals surface area contributed by atoms with Gasteiger partial charge in [0.1, 0.15) is 12.0 Å². The van der Waals surface area contributed by atoms with E-state index in [1.165, 1.54) is 6.33 Å². The van der Waals surface area contributed by atoms with Crippen molar-refractivity contribution in [2.24, 2.45) is 0 Å². The lowest BCUT2D eigenvalue weighted by Gasteiger charge is -2.23. The Morgan fingerprint density at radius 3 is 2.44 bits per heavy atom. The molecule has 1 heterocycles. The average Bonchev–Trinajstić information content (AvgIpc) is 2.60. The van der Waals surface area contributed by atoms with Crippen molar-refractivity contribution < 1.29 is 0 Å². The van der Waals surface area contributed by atoms with E-state index >= 15 is 0 Å². The van der Waals surface area contributed by atoms with Gasteiger partial charge in [-0.05, 0) is 31.0 Å². The number of benzene rings is 1. The molecule has 0 saturated heterocycles. The summed E-state index contributed by atoms with van der Waals surface area (Å²) in [5, 5.41) is 20.9. The van der Waals surface area contributed by atoms with E-state index in [0.717, 1.165) is 16.8 Å². The zero-order chi connectivity index (χ0) is 18.2. The number of nitrogens with two attached hydrogens (primary N) is 1. The number of hydrogen-bond donors (Lipinski definition) is 2. The number of rotatable bonds is 7. The van der Waals surface area contributed by atoms with Crippen molar-refractivity contribution in [2.45, 2.75) is 26.7 Å². The molecule has 0 aliphatic carbocycles. The normalized spacial score (nSPS) is 9.92. The second kappa shape index (κ2) is 8.51.